The van der Waals surface area contributed by atoms with E-state index in [1.807, 2.05) is 0 Å². The molecule has 1 saturated carbocycles. The lowest BCUT2D eigenvalue weighted by atomic mass is 9.81. The average molecular weight is 299 g/mol. The van der Waals surface area contributed by atoms with Crippen LogP contribution in [0.2, 0.25) is 0 Å². The third-order valence-electron chi connectivity index (χ3n) is 3.98. The van der Waals surface area contributed by atoms with Crippen molar-refractivity contribution in [2.45, 2.75) is 51.5 Å². The first-order valence-electron chi connectivity index (χ1n) is 7.44. The third kappa shape index (κ3) is 6.97. The third-order valence-corrected chi connectivity index (χ3v) is 3.98. The number of urea groups is 1. The van der Waals surface area contributed by atoms with Gasteiger partial charge < -0.3 is 21.5 Å². The molecule has 1 rings (SSSR count). The van der Waals surface area contributed by atoms with Gasteiger partial charge in [0.1, 0.15) is 6.04 Å². The lowest BCUT2D eigenvalue weighted by Crippen LogP contribution is -2.48. The Morgan fingerprint density at radius 2 is 1.86 bits per heavy atom. The van der Waals surface area contributed by atoms with Crippen LogP contribution in [0.5, 0.6) is 0 Å². The number of carbonyl (C=O) groups excluding carboxylic acids is 2. The van der Waals surface area contributed by atoms with E-state index in [0.717, 1.165) is 12.3 Å². The maximum atomic E-state index is 11.6. The van der Waals surface area contributed by atoms with E-state index in [9.17, 15) is 14.4 Å². The molecule has 0 bridgehead atoms. The average Bonchev–Trinajstić information content (AvgIpc) is 2.39. The zero-order valence-corrected chi connectivity index (χ0v) is 12.4. The molecule has 1 aliphatic rings. The Morgan fingerprint density at radius 1 is 1.24 bits per heavy atom. The van der Waals surface area contributed by atoms with Crippen LogP contribution in [0.4, 0.5) is 4.79 Å². The van der Waals surface area contributed by atoms with E-state index in [2.05, 4.69) is 17.6 Å². The molecule has 7 heteroatoms. The van der Waals surface area contributed by atoms with Crippen LogP contribution < -0.4 is 16.4 Å². The molecule has 0 spiro atoms. The van der Waals surface area contributed by atoms with Crippen LogP contribution in [0.25, 0.3) is 0 Å². The van der Waals surface area contributed by atoms with Gasteiger partial charge in [0, 0.05) is 6.54 Å². The molecule has 0 aromatic rings. The monoisotopic (exact) mass is 299 g/mol. The maximum absolute atomic E-state index is 11.6. The molecule has 5 N–H and O–H groups in total. The van der Waals surface area contributed by atoms with Crippen molar-refractivity contribution in [3.8, 4) is 0 Å². The SMILES string of the molecule is CC1CCC(CCNC(=O)NC(CC(N)=O)C(=O)O)CC1. The second kappa shape index (κ2) is 8.49. The molecular weight excluding hydrogens is 274 g/mol. The van der Waals surface area contributed by atoms with Crippen molar-refractivity contribution in [1.82, 2.24) is 10.6 Å². The van der Waals surface area contributed by atoms with Gasteiger partial charge in [0.15, 0.2) is 0 Å². The van der Waals surface area contributed by atoms with E-state index in [1.54, 1.807) is 0 Å². The number of amides is 3. The fourth-order valence-corrected chi connectivity index (χ4v) is 2.62. The summed E-state index contributed by atoms with van der Waals surface area (Å²) in [6, 6.07) is -1.86. The first-order valence-corrected chi connectivity index (χ1v) is 7.44. The Hall–Kier alpha value is -1.79. The van der Waals surface area contributed by atoms with Crippen molar-refractivity contribution in [2.75, 3.05) is 6.54 Å². The molecule has 1 fully saturated rings. The number of carbonyl (C=O) groups is 3. The molecular formula is C14H25N3O4. The second-order valence-electron chi connectivity index (χ2n) is 5.88. The predicted octanol–water partition coefficient (Wildman–Crippen LogP) is 0.831. The summed E-state index contributed by atoms with van der Waals surface area (Å²) in [5.74, 6) is -0.616. The van der Waals surface area contributed by atoms with Crippen molar-refractivity contribution in [3.05, 3.63) is 0 Å². The smallest absolute Gasteiger partial charge is 0.326 e. The first kappa shape index (κ1) is 17.3. The van der Waals surface area contributed by atoms with Crippen molar-refractivity contribution in [3.63, 3.8) is 0 Å². The van der Waals surface area contributed by atoms with E-state index in [-0.39, 0.29) is 0 Å². The Labute approximate surface area is 124 Å². The summed E-state index contributed by atoms with van der Waals surface area (Å²) in [6.45, 7) is 2.76. The van der Waals surface area contributed by atoms with Crippen molar-refractivity contribution in [2.24, 2.45) is 17.6 Å². The number of aliphatic carboxylic acids is 1. The van der Waals surface area contributed by atoms with Gasteiger partial charge >= 0.3 is 12.0 Å². The summed E-state index contributed by atoms with van der Waals surface area (Å²) in [5, 5.41) is 13.8. The molecule has 0 radical (unpaired) electrons. The molecule has 0 aromatic carbocycles. The molecule has 0 aromatic heterocycles. The number of nitrogens with two attached hydrogens (primary N) is 1. The summed E-state index contributed by atoms with van der Waals surface area (Å²) in [4.78, 5) is 33.2. The molecule has 0 aliphatic heterocycles. The quantitative estimate of drug-likeness (QED) is 0.556. The Balaban J connectivity index is 2.23. The van der Waals surface area contributed by atoms with Gasteiger partial charge in [-0.25, -0.2) is 9.59 Å². The standard InChI is InChI=1S/C14H25N3O4/c1-9-2-4-10(5-3-9)6-7-16-14(21)17-11(13(19)20)8-12(15)18/h9-11H,2-8H2,1H3,(H2,15,18)(H,19,20)(H2,16,17,21). The summed E-state index contributed by atoms with van der Waals surface area (Å²) in [6.07, 6.45) is 5.32. The van der Waals surface area contributed by atoms with Gasteiger partial charge in [0.2, 0.25) is 5.91 Å². The molecule has 120 valence electrons. The predicted molar refractivity (Wildman–Crippen MR) is 77.5 cm³/mol. The number of hydrogen-bond donors (Lipinski definition) is 4. The fourth-order valence-electron chi connectivity index (χ4n) is 2.62. The maximum Gasteiger partial charge on any atom is 0.326 e. The van der Waals surface area contributed by atoms with Crippen molar-refractivity contribution in [1.29, 1.82) is 0 Å². The lowest BCUT2D eigenvalue weighted by Gasteiger charge is -2.26. The highest BCUT2D eigenvalue weighted by molar-refractivity contribution is 5.87. The second-order valence-corrected chi connectivity index (χ2v) is 5.88. The van der Waals surface area contributed by atoms with Gasteiger partial charge in [0.25, 0.3) is 0 Å². The van der Waals surface area contributed by atoms with Crippen LogP contribution in [0.1, 0.15) is 45.4 Å². The summed E-state index contributed by atoms with van der Waals surface area (Å²) < 4.78 is 0. The molecule has 7 nitrogen and oxygen atoms in total. The molecule has 21 heavy (non-hydrogen) atoms. The van der Waals surface area contributed by atoms with E-state index in [4.69, 9.17) is 10.8 Å². The van der Waals surface area contributed by atoms with Crippen LogP contribution in [-0.4, -0.2) is 35.6 Å². The van der Waals surface area contributed by atoms with Gasteiger partial charge in [-0.15, -0.1) is 0 Å². The molecule has 3 amide bonds. The number of carboxylic acid groups (broad SMARTS) is 1. The van der Waals surface area contributed by atoms with Gasteiger partial charge in [-0.1, -0.05) is 32.6 Å². The van der Waals surface area contributed by atoms with Crippen LogP contribution in [-0.2, 0) is 9.59 Å². The number of primary amides is 1. The van der Waals surface area contributed by atoms with E-state index < -0.39 is 30.4 Å². The van der Waals surface area contributed by atoms with Gasteiger partial charge in [-0.05, 0) is 18.3 Å². The first-order chi connectivity index (χ1) is 9.88. The minimum atomic E-state index is -1.28. The zero-order chi connectivity index (χ0) is 15.8. The Morgan fingerprint density at radius 3 is 2.38 bits per heavy atom. The minimum absolute atomic E-state index is 0.413. The number of rotatable bonds is 7. The summed E-state index contributed by atoms with van der Waals surface area (Å²) in [5.41, 5.74) is 4.94. The van der Waals surface area contributed by atoms with Crippen molar-refractivity contribution < 1.29 is 19.5 Å². The van der Waals surface area contributed by atoms with Gasteiger partial charge in [-0.3, -0.25) is 4.79 Å². The molecule has 0 saturated heterocycles. The highest BCUT2D eigenvalue weighted by Gasteiger charge is 2.22. The minimum Gasteiger partial charge on any atom is -0.480 e. The number of carboxylic acids is 1. The van der Waals surface area contributed by atoms with Crippen LogP contribution >= 0.6 is 0 Å². The largest absolute Gasteiger partial charge is 0.480 e. The molecule has 1 aliphatic carbocycles. The Bertz CT molecular complexity index is 378. The lowest BCUT2D eigenvalue weighted by molar-refractivity contribution is -0.140. The number of nitrogens with one attached hydrogen (secondary N) is 2. The van der Waals surface area contributed by atoms with E-state index >= 15 is 0 Å². The fraction of sp³-hybridized carbons (Fsp3) is 0.786. The normalized spacial score (nSPS) is 23.1. The van der Waals surface area contributed by atoms with Gasteiger partial charge in [0.05, 0.1) is 6.42 Å². The molecule has 1 unspecified atom stereocenters. The van der Waals surface area contributed by atoms with Crippen molar-refractivity contribution >= 4 is 17.9 Å². The highest BCUT2D eigenvalue weighted by Crippen LogP contribution is 2.29. The van der Waals surface area contributed by atoms with E-state index in [0.29, 0.717) is 12.5 Å². The van der Waals surface area contributed by atoms with Crippen LogP contribution in [0.3, 0.4) is 0 Å². The Kier molecular flexibility index (Phi) is 6.98. The zero-order valence-electron chi connectivity index (χ0n) is 12.4. The van der Waals surface area contributed by atoms with Crippen LogP contribution in [0.15, 0.2) is 0 Å². The molecule has 0 heterocycles. The topological polar surface area (TPSA) is 122 Å². The van der Waals surface area contributed by atoms with E-state index in [1.165, 1.54) is 25.7 Å². The summed E-state index contributed by atoms with van der Waals surface area (Å²) in [7, 11) is 0. The highest BCUT2D eigenvalue weighted by atomic mass is 16.4. The number of hydrogen-bond acceptors (Lipinski definition) is 3. The molecule has 1 atom stereocenters. The van der Waals surface area contributed by atoms with Crippen LogP contribution in [0, 0.1) is 11.8 Å². The van der Waals surface area contributed by atoms with Gasteiger partial charge in [-0.2, -0.15) is 0 Å². The summed E-state index contributed by atoms with van der Waals surface area (Å²) >= 11 is 0.